The molecule has 5 heteroatoms. The minimum absolute atomic E-state index is 0.0162. The van der Waals surface area contributed by atoms with Gasteiger partial charge < -0.3 is 4.98 Å². The van der Waals surface area contributed by atoms with Crippen LogP contribution in [0.5, 0.6) is 0 Å². The number of nitrogens with one attached hydrogen (secondary N) is 2. The van der Waals surface area contributed by atoms with Crippen LogP contribution in [0.1, 0.15) is 5.82 Å². The second kappa shape index (κ2) is 3.69. The summed E-state index contributed by atoms with van der Waals surface area (Å²) in [4.78, 5) is 6.84. The maximum Gasteiger partial charge on any atom is 0.130 e. The third kappa shape index (κ3) is 2.86. The zero-order valence-corrected chi connectivity index (χ0v) is 7.78. The molecule has 0 bridgehead atoms. The van der Waals surface area contributed by atoms with Gasteiger partial charge in [0.2, 0.25) is 0 Å². The Balaban J connectivity index is 2.71. The average Bonchev–Trinajstić information content (AvgIpc) is 2.31. The molecule has 0 saturated carbocycles. The third-order valence-corrected chi connectivity index (χ3v) is 1.48. The summed E-state index contributed by atoms with van der Waals surface area (Å²) in [5.41, 5.74) is 0. The van der Waals surface area contributed by atoms with Crippen molar-refractivity contribution in [1.29, 1.82) is 5.41 Å². The number of H-pyrrole nitrogens is 1. The molecule has 0 aliphatic rings. The first-order valence-corrected chi connectivity index (χ1v) is 3.98. The molecule has 0 spiro atoms. The van der Waals surface area contributed by atoms with Gasteiger partial charge in [0, 0.05) is 0 Å². The molecule has 0 amide bonds. The van der Waals surface area contributed by atoms with Crippen molar-refractivity contribution < 1.29 is 0 Å². The van der Waals surface area contributed by atoms with Crippen LogP contribution >= 0.6 is 27.5 Å². The zero-order chi connectivity index (χ0) is 8.27. The van der Waals surface area contributed by atoms with E-state index in [1.807, 2.05) is 0 Å². The van der Waals surface area contributed by atoms with Crippen LogP contribution in [0.3, 0.4) is 0 Å². The summed E-state index contributed by atoms with van der Waals surface area (Å²) in [6, 6.07) is 0. The van der Waals surface area contributed by atoms with Crippen LogP contribution in [-0.4, -0.2) is 15.1 Å². The average molecular weight is 234 g/mol. The molecule has 1 aromatic rings. The molecule has 0 saturated heterocycles. The fourth-order valence-corrected chi connectivity index (χ4v) is 0.918. The number of nitrogens with zero attached hydrogens (tertiary/aromatic N) is 1. The van der Waals surface area contributed by atoms with Gasteiger partial charge in [-0.2, -0.15) is 0 Å². The van der Waals surface area contributed by atoms with E-state index in [0.717, 1.165) is 4.60 Å². The van der Waals surface area contributed by atoms with E-state index < -0.39 is 0 Å². The second-order valence-corrected chi connectivity index (χ2v) is 3.06. The van der Waals surface area contributed by atoms with Gasteiger partial charge in [-0.3, -0.25) is 5.41 Å². The van der Waals surface area contributed by atoms with E-state index in [1.54, 1.807) is 12.3 Å². The second-order valence-electron chi connectivity index (χ2n) is 1.80. The normalized spacial score (nSPS) is 10.7. The molecule has 11 heavy (non-hydrogen) atoms. The lowest BCUT2D eigenvalue weighted by molar-refractivity contribution is 1.25. The van der Waals surface area contributed by atoms with E-state index in [-0.39, 0.29) is 5.17 Å². The molecular formula is C6H5BrClN3. The Bertz CT molecular complexity index is 292. The van der Waals surface area contributed by atoms with Gasteiger partial charge in [0.05, 0.1) is 6.20 Å². The smallest absolute Gasteiger partial charge is 0.130 e. The van der Waals surface area contributed by atoms with Gasteiger partial charge in [-0.05, 0) is 28.1 Å². The van der Waals surface area contributed by atoms with Crippen molar-refractivity contribution in [3.63, 3.8) is 0 Å². The van der Waals surface area contributed by atoms with Crippen molar-refractivity contribution in [2.75, 3.05) is 0 Å². The van der Waals surface area contributed by atoms with Crippen LogP contribution < -0.4 is 0 Å². The molecule has 1 rings (SSSR count). The summed E-state index contributed by atoms with van der Waals surface area (Å²) in [5.74, 6) is 0.669. The molecule has 1 heterocycles. The van der Waals surface area contributed by atoms with Crippen molar-refractivity contribution in [3.8, 4) is 0 Å². The zero-order valence-electron chi connectivity index (χ0n) is 5.44. The predicted molar refractivity (Wildman–Crippen MR) is 48.9 cm³/mol. The van der Waals surface area contributed by atoms with E-state index >= 15 is 0 Å². The van der Waals surface area contributed by atoms with Crippen molar-refractivity contribution >= 4 is 38.8 Å². The first-order chi connectivity index (χ1) is 5.18. The molecule has 0 aromatic carbocycles. The highest BCUT2D eigenvalue weighted by Crippen LogP contribution is 2.05. The van der Waals surface area contributed by atoms with Gasteiger partial charge in [0.15, 0.2) is 0 Å². The summed E-state index contributed by atoms with van der Waals surface area (Å²) in [6.07, 6.45) is 4.71. The van der Waals surface area contributed by atoms with Crippen LogP contribution in [-0.2, 0) is 0 Å². The quantitative estimate of drug-likeness (QED) is 0.759. The highest BCUT2D eigenvalue weighted by Gasteiger charge is 1.91. The molecule has 2 N–H and O–H groups in total. The number of hydrogen-bond donors (Lipinski definition) is 2. The van der Waals surface area contributed by atoms with Crippen molar-refractivity contribution in [1.82, 2.24) is 9.97 Å². The molecule has 0 fully saturated rings. The van der Waals surface area contributed by atoms with Gasteiger partial charge in [-0.1, -0.05) is 11.6 Å². The highest BCUT2D eigenvalue weighted by molar-refractivity contribution is 9.10. The lowest BCUT2D eigenvalue weighted by atomic mass is 10.5. The minimum atomic E-state index is -0.0162. The number of rotatable bonds is 2. The number of aromatic nitrogens is 2. The van der Waals surface area contributed by atoms with Crippen molar-refractivity contribution in [3.05, 3.63) is 22.7 Å². The topological polar surface area (TPSA) is 52.5 Å². The molecule has 3 nitrogen and oxygen atoms in total. The van der Waals surface area contributed by atoms with Gasteiger partial charge in [0.25, 0.3) is 0 Å². The van der Waals surface area contributed by atoms with Gasteiger partial charge >= 0.3 is 0 Å². The Morgan fingerprint density at radius 2 is 2.55 bits per heavy atom. The van der Waals surface area contributed by atoms with Crippen LogP contribution in [0.25, 0.3) is 6.08 Å². The van der Waals surface area contributed by atoms with E-state index in [0.29, 0.717) is 5.82 Å². The molecule has 0 aliphatic carbocycles. The summed E-state index contributed by atoms with van der Waals surface area (Å²) >= 11 is 8.48. The Kier molecular flexibility index (Phi) is 2.84. The third-order valence-electron chi connectivity index (χ3n) is 0.952. The van der Waals surface area contributed by atoms with Crippen LogP contribution in [0.4, 0.5) is 0 Å². The molecule has 58 valence electrons. The van der Waals surface area contributed by atoms with Gasteiger partial charge in [-0.25, -0.2) is 4.98 Å². The monoisotopic (exact) mass is 233 g/mol. The Hall–Kier alpha value is -0.610. The highest BCUT2D eigenvalue weighted by atomic mass is 79.9. The number of halogens is 2. The Morgan fingerprint density at radius 3 is 3.00 bits per heavy atom. The molecule has 1 aromatic heterocycles. The molecule has 0 atom stereocenters. The summed E-state index contributed by atoms with van der Waals surface area (Å²) in [7, 11) is 0. The lowest BCUT2D eigenvalue weighted by Gasteiger charge is -1.81. The van der Waals surface area contributed by atoms with E-state index in [9.17, 15) is 0 Å². The molecular weight excluding hydrogens is 229 g/mol. The standard InChI is InChI=1S/C6H5BrClN3/c7-4-3-10-6(11-4)2-1-5(8)9/h1-3,9H,(H,10,11)/b2-1-,9-5?. The number of hydrogen-bond acceptors (Lipinski definition) is 2. The predicted octanol–water partition coefficient (Wildman–Crippen LogP) is 2.40. The van der Waals surface area contributed by atoms with Gasteiger partial charge in [0.1, 0.15) is 15.6 Å². The van der Waals surface area contributed by atoms with Crippen molar-refractivity contribution in [2.24, 2.45) is 0 Å². The maximum absolute atomic E-state index is 6.88. The SMILES string of the molecule is N=C(Cl)/C=C\c1ncc(Br)[nH]1. The van der Waals surface area contributed by atoms with Crippen molar-refractivity contribution in [2.45, 2.75) is 0 Å². The fraction of sp³-hybridized carbons (Fsp3) is 0. The molecule has 0 aliphatic heterocycles. The number of aromatic amines is 1. The van der Waals surface area contributed by atoms with E-state index in [1.165, 1.54) is 6.08 Å². The Labute approximate surface area is 77.1 Å². The first-order valence-electron chi connectivity index (χ1n) is 2.81. The van der Waals surface area contributed by atoms with E-state index in [4.69, 9.17) is 17.0 Å². The van der Waals surface area contributed by atoms with Gasteiger partial charge in [-0.15, -0.1) is 0 Å². The maximum atomic E-state index is 6.88. The largest absolute Gasteiger partial charge is 0.333 e. The lowest BCUT2D eigenvalue weighted by Crippen LogP contribution is -1.76. The molecule has 0 unspecified atom stereocenters. The number of allylic oxidation sites excluding steroid dienone is 1. The fourth-order valence-electron chi connectivity index (χ4n) is 0.550. The number of imidazole rings is 1. The summed E-state index contributed by atoms with van der Waals surface area (Å²) < 4.78 is 0.804. The molecule has 0 radical (unpaired) electrons. The van der Waals surface area contributed by atoms with Crippen LogP contribution in [0, 0.1) is 5.41 Å². The van der Waals surface area contributed by atoms with Crippen LogP contribution in [0.15, 0.2) is 16.9 Å². The van der Waals surface area contributed by atoms with Crippen LogP contribution in [0.2, 0.25) is 0 Å². The summed E-state index contributed by atoms with van der Waals surface area (Å²) in [6.45, 7) is 0. The van der Waals surface area contributed by atoms with E-state index in [2.05, 4.69) is 25.9 Å². The first kappa shape index (κ1) is 8.49. The summed E-state index contributed by atoms with van der Waals surface area (Å²) in [5, 5.41) is 6.86. The minimum Gasteiger partial charge on any atom is -0.333 e. The Morgan fingerprint density at radius 1 is 1.82 bits per heavy atom.